The van der Waals surface area contributed by atoms with E-state index in [2.05, 4.69) is 5.32 Å². The lowest BCUT2D eigenvalue weighted by Gasteiger charge is -2.25. The van der Waals surface area contributed by atoms with Crippen LogP contribution in [0.4, 0.5) is 4.79 Å². The molecule has 0 unspecified atom stereocenters. The Hall–Kier alpha value is -2.83. The number of hydrogen-bond acceptors (Lipinski definition) is 6. The lowest BCUT2D eigenvalue weighted by molar-refractivity contribution is -0.128. The van der Waals surface area contributed by atoms with Crippen molar-refractivity contribution in [2.24, 2.45) is 5.41 Å². The van der Waals surface area contributed by atoms with E-state index in [4.69, 9.17) is 4.74 Å². The van der Waals surface area contributed by atoms with Crippen molar-refractivity contribution in [3.8, 4) is 6.07 Å². The summed E-state index contributed by atoms with van der Waals surface area (Å²) >= 11 is 0. The average molecular weight is 427 g/mol. The molecule has 1 aliphatic rings. The van der Waals surface area contributed by atoms with Gasteiger partial charge < -0.3 is 25.0 Å². The smallest absolute Gasteiger partial charge is 0.447 e. The van der Waals surface area contributed by atoms with Gasteiger partial charge in [-0.15, -0.1) is 0 Å². The van der Waals surface area contributed by atoms with Gasteiger partial charge in [-0.2, -0.15) is 5.26 Å². The minimum absolute atomic E-state index is 0.00497. The monoisotopic (exact) mass is 427 g/mol. The highest BCUT2D eigenvalue weighted by molar-refractivity contribution is 6.41. The zero-order valence-corrected chi connectivity index (χ0v) is 18.2. The molecule has 1 aliphatic heterocycles. The number of nitrogens with one attached hydrogen (secondary N) is 1. The second-order valence-electron chi connectivity index (χ2n) is 8.75. The first kappa shape index (κ1) is 24.4. The molecule has 0 saturated carbocycles. The molecule has 0 spiro atoms. The van der Waals surface area contributed by atoms with Crippen LogP contribution in [0.15, 0.2) is 42.0 Å². The summed E-state index contributed by atoms with van der Waals surface area (Å²) in [5, 5.41) is 30.7. The number of nitriles is 1. The van der Waals surface area contributed by atoms with E-state index < -0.39 is 19.3 Å². The lowest BCUT2D eigenvalue weighted by Crippen LogP contribution is -2.41. The molecule has 9 heteroatoms. The van der Waals surface area contributed by atoms with Crippen LogP contribution in [-0.4, -0.2) is 53.3 Å². The normalized spacial score (nSPS) is 17.6. The van der Waals surface area contributed by atoms with E-state index in [9.17, 15) is 24.9 Å². The first-order valence-corrected chi connectivity index (χ1v) is 10.4. The molecule has 0 aromatic heterocycles. The minimum atomic E-state index is -1.59. The Bertz CT molecular complexity index is 830. The molecule has 8 nitrogen and oxygen atoms in total. The van der Waals surface area contributed by atoms with Gasteiger partial charge in [-0.25, -0.2) is 4.79 Å². The third-order valence-electron chi connectivity index (χ3n) is 4.91. The molecule has 2 atom stereocenters. The topological polar surface area (TPSA) is 123 Å². The minimum Gasteiger partial charge on any atom is -0.447 e. The average Bonchev–Trinajstić information content (AvgIpc) is 3.17. The van der Waals surface area contributed by atoms with Crippen molar-refractivity contribution in [3.05, 3.63) is 47.5 Å². The maximum atomic E-state index is 12.8. The van der Waals surface area contributed by atoms with E-state index in [0.29, 0.717) is 13.0 Å². The quantitative estimate of drug-likeness (QED) is 0.349. The van der Waals surface area contributed by atoms with E-state index in [1.165, 1.54) is 0 Å². The fourth-order valence-corrected chi connectivity index (χ4v) is 3.54. The molecule has 1 aromatic carbocycles. The summed E-state index contributed by atoms with van der Waals surface area (Å²) in [5.41, 5.74) is 0.497. The number of alkyl carbamates (subject to hydrolysis) is 1. The van der Waals surface area contributed by atoms with E-state index in [1.807, 2.05) is 32.9 Å². The van der Waals surface area contributed by atoms with Gasteiger partial charge in [-0.3, -0.25) is 4.79 Å². The number of amides is 2. The Labute approximate surface area is 183 Å². The van der Waals surface area contributed by atoms with Crippen molar-refractivity contribution in [1.82, 2.24) is 10.2 Å². The predicted molar refractivity (Wildman–Crippen MR) is 117 cm³/mol. The predicted octanol–water partition coefficient (Wildman–Crippen LogP) is 2.41. The Balaban J connectivity index is 1.99. The van der Waals surface area contributed by atoms with Crippen LogP contribution >= 0.6 is 0 Å². The number of nitrogens with zero attached hydrogens (tertiary/aromatic N) is 2. The van der Waals surface area contributed by atoms with E-state index in [-0.39, 0.29) is 35.9 Å². The molecule has 3 N–H and O–H groups in total. The van der Waals surface area contributed by atoms with Crippen LogP contribution < -0.4 is 5.32 Å². The Morgan fingerprint density at radius 1 is 1.35 bits per heavy atom. The Kier molecular flexibility index (Phi) is 8.66. The van der Waals surface area contributed by atoms with Crippen molar-refractivity contribution in [2.45, 2.75) is 52.0 Å². The van der Waals surface area contributed by atoms with Gasteiger partial charge in [0.15, 0.2) is 0 Å². The first-order valence-electron chi connectivity index (χ1n) is 10.4. The summed E-state index contributed by atoms with van der Waals surface area (Å²) in [6.07, 6.45) is 2.29. The van der Waals surface area contributed by atoms with Gasteiger partial charge in [-0.05, 0) is 23.8 Å². The third-order valence-corrected chi connectivity index (χ3v) is 4.91. The highest BCUT2D eigenvalue weighted by atomic mass is 16.5. The van der Waals surface area contributed by atoms with Gasteiger partial charge in [0.2, 0.25) is 0 Å². The number of carbonyl (C=O) groups is 2. The summed E-state index contributed by atoms with van der Waals surface area (Å²) < 4.78 is 5.34. The third kappa shape index (κ3) is 7.74. The highest BCUT2D eigenvalue weighted by Crippen LogP contribution is 2.24. The standard InChI is InChI=1S/C22H30BN3O5/c1-22(2,3)12-17(14-24)20(27)26-11-7-10-18(26)15-31-21(28)25-19(13-23(29)30)16-8-5-4-6-9-16/h4-6,8-9,12,18-19,29-30H,7,10-11,13,15H2,1-3H3,(H,25,28)/t18-,19-/m1/s1. The number of hydrogen-bond donors (Lipinski definition) is 3. The first-order chi connectivity index (χ1) is 14.6. The van der Waals surface area contributed by atoms with E-state index >= 15 is 0 Å². The molecule has 1 saturated heterocycles. The van der Waals surface area contributed by atoms with Gasteiger partial charge in [0, 0.05) is 12.9 Å². The molecule has 166 valence electrons. The van der Waals surface area contributed by atoms with Gasteiger partial charge in [0.05, 0.1) is 12.1 Å². The zero-order valence-electron chi connectivity index (χ0n) is 18.2. The SMILES string of the molecule is CC(C)(C)C=C(C#N)C(=O)N1CCC[C@@H]1COC(=O)N[C@H](CB(O)O)c1ccccc1. The zero-order chi connectivity index (χ0) is 23.0. The van der Waals surface area contributed by atoms with Crippen molar-refractivity contribution in [1.29, 1.82) is 5.26 Å². The summed E-state index contributed by atoms with van der Waals surface area (Å²) in [6, 6.07) is 10.00. The fraction of sp³-hybridized carbons (Fsp3) is 0.500. The van der Waals surface area contributed by atoms with Crippen molar-refractivity contribution < 1.29 is 24.4 Å². The van der Waals surface area contributed by atoms with Gasteiger partial charge in [0.1, 0.15) is 18.2 Å². The number of ether oxygens (including phenoxy) is 1. The molecule has 1 aromatic rings. The van der Waals surface area contributed by atoms with Crippen molar-refractivity contribution in [3.63, 3.8) is 0 Å². The number of likely N-dealkylation sites (tertiary alicyclic amines) is 1. The van der Waals surface area contributed by atoms with Crippen LogP contribution in [0.25, 0.3) is 0 Å². The van der Waals surface area contributed by atoms with Gasteiger partial charge in [0.25, 0.3) is 5.91 Å². The van der Waals surface area contributed by atoms with Crippen LogP contribution in [0.2, 0.25) is 6.32 Å². The maximum absolute atomic E-state index is 12.8. The van der Waals surface area contributed by atoms with Crippen molar-refractivity contribution >= 4 is 19.1 Å². The lowest BCUT2D eigenvalue weighted by atomic mass is 9.79. The maximum Gasteiger partial charge on any atom is 0.453 e. The largest absolute Gasteiger partial charge is 0.453 e. The molecule has 0 aliphatic carbocycles. The number of benzene rings is 1. The molecule has 2 amide bonds. The van der Waals surface area contributed by atoms with E-state index in [1.54, 1.807) is 35.2 Å². The summed E-state index contributed by atoms with van der Waals surface area (Å²) in [5.74, 6) is -0.352. The highest BCUT2D eigenvalue weighted by Gasteiger charge is 2.32. The molecule has 0 bridgehead atoms. The molecule has 1 fully saturated rings. The number of rotatable bonds is 7. The molecule has 2 rings (SSSR count). The van der Waals surface area contributed by atoms with Crippen LogP contribution in [-0.2, 0) is 9.53 Å². The van der Waals surface area contributed by atoms with Crippen molar-refractivity contribution in [2.75, 3.05) is 13.2 Å². The fourth-order valence-electron chi connectivity index (χ4n) is 3.54. The number of carbonyl (C=O) groups excluding carboxylic acids is 2. The molecular formula is C22H30BN3O5. The molecular weight excluding hydrogens is 397 g/mol. The second-order valence-corrected chi connectivity index (χ2v) is 8.75. The van der Waals surface area contributed by atoms with E-state index in [0.717, 1.165) is 12.0 Å². The second kappa shape index (κ2) is 11.0. The van der Waals surface area contributed by atoms with Crippen LogP contribution in [0.3, 0.4) is 0 Å². The molecule has 1 heterocycles. The molecule has 0 radical (unpaired) electrons. The summed E-state index contributed by atoms with van der Waals surface area (Å²) in [4.78, 5) is 26.8. The van der Waals surface area contributed by atoms with Gasteiger partial charge >= 0.3 is 13.2 Å². The Morgan fingerprint density at radius 3 is 2.61 bits per heavy atom. The number of allylic oxidation sites excluding steroid dienone is 1. The Morgan fingerprint density at radius 2 is 2.03 bits per heavy atom. The summed E-state index contributed by atoms with van der Waals surface area (Å²) in [6.45, 7) is 6.24. The van der Waals surface area contributed by atoms with Gasteiger partial charge in [-0.1, -0.05) is 57.2 Å². The summed E-state index contributed by atoms with van der Waals surface area (Å²) in [7, 11) is -1.59. The van der Waals surface area contributed by atoms with Crippen LogP contribution in [0, 0.1) is 16.7 Å². The van der Waals surface area contributed by atoms with Crippen LogP contribution in [0.1, 0.15) is 45.2 Å². The van der Waals surface area contributed by atoms with Crippen LogP contribution in [0.5, 0.6) is 0 Å². The molecule has 31 heavy (non-hydrogen) atoms.